The lowest BCUT2D eigenvalue weighted by molar-refractivity contribution is -0.198. The zero-order valence-corrected chi connectivity index (χ0v) is 20.3. The van der Waals surface area contributed by atoms with Crippen molar-refractivity contribution in [3.63, 3.8) is 0 Å². The molecule has 2 fully saturated rings. The Morgan fingerprint density at radius 3 is 2.77 bits per heavy atom. The topological polar surface area (TPSA) is 89.8 Å². The van der Waals surface area contributed by atoms with Crippen molar-refractivity contribution in [2.45, 2.75) is 50.8 Å². The third-order valence-electron chi connectivity index (χ3n) is 6.29. The minimum atomic E-state index is -0.740. The fourth-order valence-corrected chi connectivity index (χ4v) is 4.99. The zero-order valence-electron chi connectivity index (χ0n) is 19.6. The van der Waals surface area contributed by atoms with Gasteiger partial charge in [-0.1, -0.05) is 17.7 Å². The first-order chi connectivity index (χ1) is 16.9. The second kappa shape index (κ2) is 8.69. The smallest absolute Gasteiger partial charge is 0.164 e. The van der Waals surface area contributed by atoms with Crippen LogP contribution in [0.5, 0.6) is 5.75 Å². The van der Waals surface area contributed by atoms with E-state index in [0.717, 1.165) is 22.0 Å². The fourth-order valence-electron chi connectivity index (χ4n) is 4.80. The molecule has 10 heteroatoms. The molecular formula is C25H25ClN4O5. The molecule has 5 heterocycles. The van der Waals surface area contributed by atoms with Crippen molar-refractivity contribution in [2.24, 2.45) is 0 Å². The van der Waals surface area contributed by atoms with E-state index in [2.05, 4.69) is 15.0 Å². The molecule has 0 unspecified atom stereocenters. The normalized spacial score (nSPS) is 25.4. The molecule has 4 aromatic rings. The van der Waals surface area contributed by atoms with Crippen molar-refractivity contribution in [3.8, 4) is 5.75 Å². The molecule has 6 rings (SSSR count). The highest BCUT2D eigenvalue weighted by Gasteiger charge is 2.56. The second-order valence-electron chi connectivity index (χ2n) is 9.16. The highest BCUT2D eigenvalue weighted by atomic mass is 35.5. The first-order valence-corrected chi connectivity index (χ1v) is 11.8. The van der Waals surface area contributed by atoms with Crippen molar-refractivity contribution in [1.82, 2.24) is 19.5 Å². The average Bonchev–Trinajstić information content (AvgIpc) is 3.49. The summed E-state index contributed by atoms with van der Waals surface area (Å²) >= 11 is 6.26. The van der Waals surface area contributed by atoms with E-state index in [1.165, 1.54) is 6.33 Å². The number of pyridine rings is 1. The fraction of sp³-hybridized carbons (Fsp3) is 0.400. The van der Waals surface area contributed by atoms with E-state index < -0.39 is 12.0 Å². The quantitative estimate of drug-likeness (QED) is 0.365. The molecule has 4 atom stereocenters. The predicted octanol–water partition coefficient (Wildman–Crippen LogP) is 4.28. The van der Waals surface area contributed by atoms with Gasteiger partial charge in [0, 0.05) is 24.8 Å². The van der Waals surface area contributed by atoms with Crippen molar-refractivity contribution >= 4 is 33.5 Å². The molecule has 0 bridgehead atoms. The molecule has 0 N–H and O–H groups in total. The molecular weight excluding hydrogens is 472 g/mol. The molecule has 0 radical (unpaired) electrons. The largest absolute Gasteiger partial charge is 0.491 e. The maximum atomic E-state index is 6.43. The Morgan fingerprint density at radius 1 is 1.09 bits per heavy atom. The molecule has 0 aliphatic carbocycles. The Balaban J connectivity index is 1.25. The molecule has 2 aliphatic heterocycles. The van der Waals surface area contributed by atoms with Gasteiger partial charge in [-0.05, 0) is 38.1 Å². The van der Waals surface area contributed by atoms with Crippen LogP contribution in [0.3, 0.4) is 0 Å². The number of fused-ring (bicyclic) bond motifs is 3. The van der Waals surface area contributed by atoms with Crippen LogP contribution in [-0.4, -0.2) is 57.3 Å². The van der Waals surface area contributed by atoms with Gasteiger partial charge in [-0.15, -0.1) is 0 Å². The van der Waals surface area contributed by atoms with Crippen LogP contribution < -0.4 is 4.74 Å². The SMILES string of the molecule is COCc1ccc2ccc(OC[C@H]3O[C@@H](n4ccc5c(Cl)ncnc54)[C@@H]4OC(C)(C)O[C@@H]43)cc2n1. The molecule has 0 spiro atoms. The average molecular weight is 497 g/mol. The van der Waals surface area contributed by atoms with Crippen LogP contribution in [0.15, 0.2) is 48.9 Å². The van der Waals surface area contributed by atoms with Gasteiger partial charge in [-0.2, -0.15) is 0 Å². The van der Waals surface area contributed by atoms with Crippen molar-refractivity contribution in [3.05, 3.63) is 59.8 Å². The molecule has 0 amide bonds. The number of halogens is 1. The van der Waals surface area contributed by atoms with Crippen LogP contribution in [0.4, 0.5) is 0 Å². The molecule has 35 heavy (non-hydrogen) atoms. The van der Waals surface area contributed by atoms with Gasteiger partial charge in [0.2, 0.25) is 0 Å². The minimum Gasteiger partial charge on any atom is -0.491 e. The minimum absolute atomic E-state index is 0.287. The predicted molar refractivity (Wildman–Crippen MR) is 128 cm³/mol. The van der Waals surface area contributed by atoms with E-state index in [1.54, 1.807) is 7.11 Å². The maximum Gasteiger partial charge on any atom is 0.164 e. The number of methoxy groups -OCH3 is 1. The first kappa shape index (κ1) is 22.6. The van der Waals surface area contributed by atoms with E-state index in [-0.39, 0.29) is 24.9 Å². The Hall–Kier alpha value is -2.82. The van der Waals surface area contributed by atoms with E-state index in [1.807, 2.05) is 61.0 Å². The van der Waals surface area contributed by atoms with E-state index in [9.17, 15) is 0 Å². The monoisotopic (exact) mass is 496 g/mol. The highest BCUT2D eigenvalue weighted by molar-refractivity contribution is 6.33. The summed E-state index contributed by atoms with van der Waals surface area (Å²) in [5.74, 6) is -0.0391. The number of hydrogen-bond donors (Lipinski definition) is 0. The first-order valence-electron chi connectivity index (χ1n) is 11.4. The molecule has 0 saturated carbocycles. The zero-order chi connectivity index (χ0) is 24.2. The van der Waals surface area contributed by atoms with Gasteiger partial charge in [0.1, 0.15) is 47.8 Å². The summed E-state index contributed by atoms with van der Waals surface area (Å²) in [5, 5.41) is 2.18. The van der Waals surface area contributed by atoms with Crippen LogP contribution in [0, 0.1) is 0 Å². The van der Waals surface area contributed by atoms with Gasteiger partial charge in [0.15, 0.2) is 12.0 Å². The molecule has 182 valence electrons. The highest BCUT2D eigenvalue weighted by Crippen LogP contribution is 2.44. The summed E-state index contributed by atoms with van der Waals surface area (Å²) in [6, 6.07) is 11.7. The Morgan fingerprint density at radius 2 is 1.91 bits per heavy atom. The number of hydrogen-bond acceptors (Lipinski definition) is 8. The number of aromatic nitrogens is 4. The van der Waals surface area contributed by atoms with Crippen molar-refractivity contribution < 1.29 is 23.7 Å². The number of ether oxygens (including phenoxy) is 5. The van der Waals surface area contributed by atoms with Gasteiger partial charge in [-0.3, -0.25) is 4.98 Å². The van der Waals surface area contributed by atoms with Gasteiger partial charge in [-0.25, -0.2) is 9.97 Å². The van der Waals surface area contributed by atoms with Crippen LogP contribution in [-0.2, 0) is 25.6 Å². The van der Waals surface area contributed by atoms with Gasteiger partial charge >= 0.3 is 0 Å². The van der Waals surface area contributed by atoms with Crippen LogP contribution >= 0.6 is 11.6 Å². The number of benzene rings is 1. The van der Waals surface area contributed by atoms with Crippen molar-refractivity contribution in [2.75, 3.05) is 13.7 Å². The van der Waals surface area contributed by atoms with Crippen LogP contribution in [0.1, 0.15) is 25.8 Å². The summed E-state index contributed by atoms with van der Waals surface area (Å²) in [4.78, 5) is 13.1. The summed E-state index contributed by atoms with van der Waals surface area (Å²) in [6.07, 6.45) is 1.88. The van der Waals surface area contributed by atoms with Gasteiger partial charge in [0.25, 0.3) is 0 Å². The molecule has 9 nitrogen and oxygen atoms in total. The Kier molecular flexibility index (Phi) is 5.62. The summed E-state index contributed by atoms with van der Waals surface area (Å²) in [6.45, 7) is 4.55. The third-order valence-corrected chi connectivity index (χ3v) is 6.59. The molecule has 1 aromatic carbocycles. The summed E-state index contributed by atoms with van der Waals surface area (Å²) in [7, 11) is 1.65. The standard InChI is InChI=1S/C25H25ClN4O5/c1-25(2)34-20-19(12-32-16-7-5-14-4-6-15(11-31-3)29-18(14)10-16)33-24(21(20)35-25)30-9-8-17-22(26)27-13-28-23(17)30/h4-10,13,19-21,24H,11-12H2,1-3H3/t19-,20-,21-,24-/m1/s1. The summed E-state index contributed by atoms with van der Waals surface area (Å²) in [5.41, 5.74) is 2.39. The van der Waals surface area contributed by atoms with E-state index in [0.29, 0.717) is 23.2 Å². The van der Waals surface area contributed by atoms with Crippen LogP contribution in [0.25, 0.3) is 21.9 Å². The third kappa shape index (κ3) is 4.13. The maximum absolute atomic E-state index is 6.43. The molecule has 2 saturated heterocycles. The second-order valence-corrected chi connectivity index (χ2v) is 9.51. The lowest BCUT2D eigenvalue weighted by Crippen LogP contribution is -2.33. The molecule has 2 aliphatic rings. The number of rotatable bonds is 6. The molecule has 3 aromatic heterocycles. The van der Waals surface area contributed by atoms with Crippen LogP contribution in [0.2, 0.25) is 5.15 Å². The van der Waals surface area contributed by atoms with E-state index >= 15 is 0 Å². The summed E-state index contributed by atoms with van der Waals surface area (Å²) < 4.78 is 32.2. The number of nitrogens with zero attached hydrogens (tertiary/aromatic N) is 4. The lowest BCUT2D eigenvalue weighted by atomic mass is 10.1. The lowest BCUT2D eigenvalue weighted by Gasteiger charge is -2.25. The van der Waals surface area contributed by atoms with Gasteiger partial charge in [0.05, 0.1) is 23.2 Å². The van der Waals surface area contributed by atoms with Gasteiger partial charge < -0.3 is 28.3 Å². The van der Waals surface area contributed by atoms with Crippen molar-refractivity contribution in [1.29, 1.82) is 0 Å². The Labute approximate surface area is 206 Å². The van der Waals surface area contributed by atoms with E-state index in [4.69, 9.17) is 35.3 Å². The Bertz CT molecular complexity index is 1390.